The number of ether oxygens (including phenoxy) is 1. The third-order valence-corrected chi connectivity index (χ3v) is 7.10. The van der Waals surface area contributed by atoms with E-state index >= 15 is 0 Å². The monoisotopic (exact) mass is 464 g/mol. The summed E-state index contributed by atoms with van der Waals surface area (Å²) >= 11 is 6.33. The Morgan fingerprint density at radius 2 is 1.71 bits per heavy atom. The molecule has 3 rings (SSSR count). The number of amides is 1. The van der Waals surface area contributed by atoms with Gasteiger partial charge in [0.15, 0.2) is 9.84 Å². The van der Waals surface area contributed by atoms with Gasteiger partial charge in [-0.3, -0.25) is 9.69 Å². The minimum Gasteiger partial charge on any atom is -0.494 e. The molecule has 0 radical (unpaired) electrons. The van der Waals surface area contributed by atoms with E-state index in [-0.39, 0.29) is 16.8 Å². The summed E-state index contributed by atoms with van der Waals surface area (Å²) in [5.74, 6) is 0.739. The predicted octanol–water partition coefficient (Wildman–Crippen LogP) is 3.81. The lowest BCUT2D eigenvalue weighted by Crippen LogP contribution is -2.49. The van der Waals surface area contributed by atoms with Crippen LogP contribution in [0.4, 0.5) is 0 Å². The third kappa shape index (κ3) is 6.45. The number of hydrogen-bond acceptors (Lipinski definition) is 5. The molecule has 0 aromatic heterocycles. The molecule has 1 unspecified atom stereocenters. The summed E-state index contributed by atoms with van der Waals surface area (Å²) in [7, 11) is -3.21. The van der Waals surface area contributed by atoms with Crippen molar-refractivity contribution in [2.45, 2.75) is 30.7 Å². The van der Waals surface area contributed by atoms with E-state index in [2.05, 4.69) is 17.9 Å². The second-order valence-corrected chi connectivity index (χ2v) is 10.2. The second-order valence-electron chi connectivity index (χ2n) is 7.81. The Bertz CT molecular complexity index is 987. The van der Waals surface area contributed by atoms with E-state index in [4.69, 9.17) is 16.3 Å². The maximum atomic E-state index is 12.5. The van der Waals surface area contributed by atoms with Crippen LogP contribution in [0.3, 0.4) is 0 Å². The van der Waals surface area contributed by atoms with Gasteiger partial charge in [0.2, 0.25) is 5.91 Å². The van der Waals surface area contributed by atoms with Gasteiger partial charge >= 0.3 is 0 Å². The minimum absolute atomic E-state index is 0.140. The molecule has 6 nitrogen and oxygen atoms in total. The summed E-state index contributed by atoms with van der Waals surface area (Å²) in [6, 6.07) is 14.4. The zero-order valence-corrected chi connectivity index (χ0v) is 19.5. The molecule has 0 bridgehead atoms. The van der Waals surface area contributed by atoms with Crippen LogP contribution in [-0.4, -0.2) is 63.2 Å². The van der Waals surface area contributed by atoms with E-state index in [0.717, 1.165) is 23.7 Å². The van der Waals surface area contributed by atoms with E-state index in [1.807, 2.05) is 23.1 Å². The molecule has 1 heterocycles. The van der Waals surface area contributed by atoms with E-state index in [9.17, 15) is 13.2 Å². The van der Waals surface area contributed by atoms with Crippen molar-refractivity contribution in [1.29, 1.82) is 0 Å². The highest BCUT2D eigenvalue weighted by atomic mass is 35.5. The quantitative estimate of drug-likeness (QED) is 0.556. The highest BCUT2D eigenvalue weighted by Crippen LogP contribution is 2.27. The van der Waals surface area contributed by atoms with Gasteiger partial charge in [0.25, 0.3) is 0 Å². The van der Waals surface area contributed by atoms with Crippen LogP contribution in [0, 0.1) is 0 Å². The van der Waals surface area contributed by atoms with Gasteiger partial charge in [-0.2, -0.15) is 0 Å². The summed E-state index contributed by atoms with van der Waals surface area (Å²) in [4.78, 5) is 17.1. The molecular formula is C23H29ClN2O4S. The molecule has 0 N–H and O–H groups in total. The second kappa shape index (κ2) is 10.5. The van der Waals surface area contributed by atoms with Crippen molar-refractivity contribution in [2.24, 2.45) is 0 Å². The maximum absolute atomic E-state index is 12.5. The number of nitrogens with zero attached hydrogens (tertiary/aromatic N) is 2. The van der Waals surface area contributed by atoms with E-state index in [1.165, 1.54) is 18.4 Å². The first-order valence-corrected chi connectivity index (χ1v) is 12.7. The van der Waals surface area contributed by atoms with Crippen molar-refractivity contribution in [3.63, 3.8) is 0 Å². The van der Waals surface area contributed by atoms with Crippen LogP contribution in [0.1, 0.15) is 31.4 Å². The average molecular weight is 465 g/mol. The molecule has 168 valence electrons. The molecule has 1 saturated heterocycles. The van der Waals surface area contributed by atoms with Gasteiger partial charge in [-0.25, -0.2) is 8.42 Å². The van der Waals surface area contributed by atoms with Crippen LogP contribution in [-0.2, 0) is 14.6 Å². The van der Waals surface area contributed by atoms with Crippen LogP contribution in [0.5, 0.6) is 5.75 Å². The fourth-order valence-electron chi connectivity index (χ4n) is 3.72. The number of halogens is 1. The van der Waals surface area contributed by atoms with Crippen molar-refractivity contribution in [3.8, 4) is 5.75 Å². The molecule has 8 heteroatoms. The number of benzene rings is 2. The van der Waals surface area contributed by atoms with Crippen LogP contribution in [0.15, 0.2) is 53.4 Å². The summed E-state index contributed by atoms with van der Waals surface area (Å²) < 4.78 is 28.6. The Morgan fingerprint density at radius 3 is 2.32 bits per heavy atom. The molecule has 1 aliphatic rings. The van der Waals surface area contributed by atoms with Crippen molar-refractivity contribution >= 4 is 27.3 Å². The normalized spacial score (nSPS) is 16.2. The zero-order valence-electron chi connectivity index (χ0n) is 18.0. The zero-order chi connectivity index (χ0) is 22.4. The minimum atomic E-state index is -3.21. The number of rotatable bonds is 8. The molecule has 2 aromatic carbocycles. The molecule has 1 fully saturated rings. The SMILES string of the molecule is CC(c1ccccc1Cl)N1CCN(C(=O)CCCOc2ccc(S(C)(=O)=O)cc2)CC1. The number of piperazine rings is 1. The van der Waals surface area contributed by atoms with Gasteiger partial charge in [0, 0.05) is 49.9 Å². The summed E-state index contributed by atoms with van der Waals surface area (Å²) in [6.45, 7) is 5.62. The molecule has 1 aliphatic heterocycles. The first-order valence-electron chi connectivity index (χ1n) is 10.4. The lowest BCUT2D eigenvalue weighted by molar-refractivity contribution is -0.133. The first-order chi connectivity index (χ1) is 14.8. The number of sulfone groups is 1. The maximum Gasteiger partial charge on any atom is 0.222 e. The Labute approximate surface area is 189 Å². The van der Waals surface area contributed by atoms with Gasteiger partial charge in [-0.15, -0.1) is 0 Å². The first kappa shape index (κ1) is 23.6. The standard InChI is InChI=1S/C23H29ClN2O4S/c1-18(21-6-3-4-7-22(21)24)25-13-15-26(16-14-25)23(27)8-5-17-30-19-9-11-20(12-10-19)31(2,28)29/h3-4,6-7,9-12,18H,5,8,13-17H2,1-2H3. The molecule has 0 saturated carbocycles. The van der Waals surface area contributed by atoms with Crippen LogP contribution < -0.4 is 4.74 Å². The topological polar surface area (TPSA) is 66.9 Å². The van der Waals surface area contributed by atoms with Crippen molar-refractivity contribution in [2.75, 3.05) is 39.0 Å². The number of hydrogen-bond donors (Lipinski definition) is 0. The van der Waals surface area contributed by atoms with Crippen LogP contribution >= 0.6 is 11.6 Å². The van der Waals surface area contributed by atoms with Crippen molar-refractivity contribution in [1.82, 2.24) is 9.80 Å². The Morgan fingerprint density at radius 1 is 1.06 bits per heavy atom. The van der Waals surface area contributed by atoms with Gasteiger partial charge in [-0.1, -0.05) is 29.8 Å². The number of carbonyl (C=O) groups is 1. The third-order valence-electron chi connectivity index (χ3n) is 5.63. The van der Waals surface area contributed by atoms with Crippen molar-refractivity contribution in [3.05, 3.63) is 59.1 Å². The lowest BCUT2D eigenvalue weighted by atomic mass is 10.1. The van der Waals surface area contributed by atoms with E-state index in [0.29, 0.717) is 38.3 Å². The number of carbonyl (C=O) groups excluding carboxylic acids is 1. The van der Waals surface area contributed by atoms with Crippen LogP contribution in [0.25, 0.3) is 0 Å². The molecule has 0 spiro atoms. The molecule has 2 aromatic rings. The smallest absolute Gasteiger partial charge is 0.222 e. The predicted molar refractivity (Wildman–Crippen MR) is 122 cm³/mol. The Kier molecular flexibility index (Phi) is 7.97. The van der Waals surface area contributed by atoms with Gasteiger partial charge < -0.3 is 9.64 Å². The molecular weight excluding hydrogens is 436 g/mol. The van der Waals surface area contributed by atoms with E-state index < -0.39 is 9.84 Å². The van der Waals surface area contributed by atoms with Crippen LogP contribution in [0.2, 0.25) is 5.02 Å². The highest BCUT2D eigenvalue weighted by Gasteiger charge is 2.25. The van der Waals surface area contributed by atoms with Gasteiger partial charge in [0.1, 0.15) is 5.75 Å². The molecule has 31 heavy (non-hydrogen) atoms. The average Bonchev–Trinajstić information content (AvgIpc) is 2.76. The molecule has 0 aliphatic carbocycles. The van der Waals surface area contributed by atoms with Crippen molar-refractivity contribution < 1.29 is 17.9 Å². The highest BCUT2D eigenvalue weighted by molar-refractivity contribution is 7.90. The molecule has 1 atom stereocenters. The summed E-state index contributed by atoms with van der Waals surface area (Å²) in [5.41, 5.74) is 1.12. The fraction of sp³-hybridized carbons (Fsp3) is 0.435. The molecule has 1 amide bonds. The Hall–Kier alpha value is -2.09. The largest absolute Gasteiger partial charge is 0.494 e. The summed E-state index contributed by atoms with van der Waals surface area (Å²) in [5, 5.41) is 0.777. The Balaban J connectivity index is 1.39. The van der Waals surface area contributed by atoms with Gasteiger partial charge in [-0.05, 0) is 49.2 Å². The van der Waals surface area contributed by atoms with Gasteiger partial charge in [0.05, 0.1) is 11.5 Å². The van der Waals surface area contributed by atoms with E-state index in [1.54, 1.807) is 12.1 Å². The summed E-state index contributed by atoms with van der Waals surface area (Å²) in [6.07, 6.45) is 2.22. The lowest BCUT2D eigenvalue weighted by Gasteiger charge is -2.38. The fourth-order valence-corrected chi connectivity index (χ4v) is 4.65.